The third-order valence-electron chi connectivity index (χ3n) is 4.68. The summed E-state index contributed by atoms with van der Waals surface area (Å²) >= 11 is 0. The Morgan fingerprint density at radius 2 is 2.14 bits per heavy atom. The van der Waals surface area contributed by atoms with Crippen LogP contribution in [0.2, 0.25) is 0 Å². The lowest BCUT2D eigenvalue weighted by molar-refractivity contribution is -0.129. The minimum atomic E-state index is -1.60. The van der Waals surface area contributed by atoms with E-state index in [-0.39, 0.29) is 23.1 Å². The molecule has 0 saturated heterocycles. The van der Waals surface area contributed by atoms with E-state index < -0.39 is 18.1 Å². The van der Waals surface area contributed by atoms with Gasteiger partial charge in [-0.3, -0.25) is 14.7 Å². The Labute approximate surface area is 159 Å². The quantitative estimate of drug-likeness (QED) is 0.713. The molecule has 3 N–H and O–H groups in total. The van der Waals surface area contributed by atoms with Crippen molar-refractivity contribution in [2.45, 2.75) is 12.2 Å². The van der Waals surface area contributed by atoms with Gasteiger partial charge in [0.25, 0.3) is 5.91 Å². The molecule has 1 aliphatic rings. The van der Waals surface area contributed by atoms with E-state index in [1.54, 1.807) is 24.3 Å². The zero-order valence-corrected chi connectivity index (χ0v) is 14.8. The fourth-order valence-corrected chi connectivity index (χ4v) is 3.21. The van der Waals surface area contributed by atoms with Crippen LogP contribution in [0.5, 0.6) is 5.75 Å². The highest BCUT2D eigenvalue weighted by molar-refractivity contribution is 6.08. The number of guanidine groups is 1. The van der Waals surface area contributed by atoms with Gasteiger partial charge in [-0.25, -0.2) is 14.4 Å². The zero-order chi connectivity index (χ0) is 19.9. The number of alkyl halides is 1. The first-order chi connectivity index (χ1) is 13.5. The van der Waals surface area contributed by atoms with Crippen molar-refractivity contribution in [3.63, 3.8) is 0 Å². The summed E-state index contributed by atoms with van der Waals surface area (Å²) in [6.45, 7) is -0.785. The molecule has 4 rings (SSSR count). The maximum absolute atomic E-state index is 13.2. The summed E-state index contributed by atoms with van der Waals surface area (Å²) in [4.78, 5) is 27.2. The van der Waals surface area contributed by atoms with Crippen LogP contribution in [-0.2, 0) is 17.0 Å². The van der Waals surface area contributed by atoms with E-state index in [2.05, 4.69) is 15.0 Å². The first-order valence-electron chi connectivity index (χ1n) is 8.35. The summed E-state index contributed by atoms with van der Waals surface area (Å²) in [6, 6.07) is 9.27. The van der Waals surface area contributed by atoms with Gasteiger partial charge in [0, 0.05) is 12.6 Å². The predicted molar refractivity (Wildman–Crippen MR) is 97.8 cm³/mol. The molecule has 1 aromatic carbocycles. The van der Waals surface area contributed by atoms with Crippen LogP contribution in [0.25, 0.3) is 11.3 Å². The number of hydrogen-bond acceptors (Lipinski definition) is 7. The summed E-state index contributed by atoms with van der Waals surface area (Å²) in [6.07, 6.45) is 2.60. The fourth-order valence-electron chi connectivity index (χ4n) is 3.21. The summed E-state index contributed by atoms with van der Waals surface area (Å²) in [5.41, 5.74) is 5.87. The number of pyridine rings is 1. The van der Waals surface area contributed by atoms with Gasteiger partial charge < -0.3 is 15.3 Å². The van der Waals surface area contributed by atoms with E-state index in [4.69, 9.17) is 10.2 Å². The molecular formula is C19H16FN5O3. The largest absolute Gasteiger partial charge is 0.507 e. The van der Waals surface area contributed by atoms with Gasteiger partial charge in [-0.15, -0.1) is 0 Å². The van der Waals surface area contributed by atoms with Crippen molar-refractivity contribution in [2.75, 3.05) is 7.05 Å². The number of rotatable bonds is 4. The number of carbonyl (C=O) groups excluding carboxylic acids is 1. The van der Waals surface area contributed by atoms with E-state index in [0.29, 0.717) is 16.8 Å². The van der Waals surface area contributed by atoms with E-state index >= 15 is 0 Å². The smallest absolute Gasteiger partial charge is 0.267 e. The number of halogens is 1. The molecule has 3 heterocycles. The summed E-state index contributed by atoms with van der Waals surface area (Å²) in [5, 5.41) is 10.3. The van der Waals surface area contributed by atoms with Gasteiger partial charge in [0.15, 0.2) is 12.4 Å². The molecule has 0 spiro atoms. The van der Waals surface area contributed by atoms with Crippen LogP contribution in [0.15, 0.2) is 58.5 Å². The van der Waals surface area contributed by atoms with Crippen molar-refractivity contribution in [1.82, 2.24) is 14.9 Å². The van der Waals surface area contributed by atoms with Crippen LogP contribution in [0, 0.1) is 0 Å². The second-order valence-corrected chi connectivity index (χ2v) is 6.30. The maximum atomic E-state index is 13.2. The minimum Gasteiger partial charge on any atom is -0.507 e. The molecule has 9 heteroatoms. The Morgan fingerprint density at radius 1 is 1.32 bits per heavy atom. The van der Waals surface area contributed by atoms with E-state index in [1.165, 1.54) is 36.7 Å². The number of aromatic hydroxyl groups is 1. The summed E-state index contributed by atoms with van der Waals surface area (Å²) < 4.78 is 18.2. The Kier molecular flexibility index (Phi) is 4.07. The monoisotopic (exact) mass is 381 g/mol. The average molecular weight is 381 g/mol. The van der Waals surface area contributed by atoms with E-state index in [0.717, 1.165) is 0 Å². The number of amides is 1. The lowest BCUT2D eigenvalue weighted by Gasteiger charge is -2.25. The number of nitrogens with two attached hydrogens (primary N) is 1. The maximum Gasteiger partial charge on any atom is 0.267 e. The first kappa shape index (κ1) is 17.7. The molecule has 2 aromatic heterocycles. The van der Waals surface area contributed by atoms with Crippen LogP contribution in [0.1, 0.15) is 17.0 Å². The highest BCUT2D eigenvalue weighted by atomic mass is 19.1. The van der Waals surface area contributed by atoms with Crippen LogP contribution in [0.4, 0.5) is 4.39 Å². The second kappa shape index (κ2) is 6.45. The number of hydrogen-bond donors (Lipinski definition) is 2. The molecule has 0 aliphatic carbocycles. The molecule has 0 bridgehead atoms. The molecule has 142 valence electrons. The van der Waals surface area contributed by atoms with Gasteiger partial charge in [0.2, 0.25) is 5.54 Å². The van der Waals surface area contributed by atoms with E-state index in [9.17, 15) is 14.3 Å². The van der Waals surface area contributed by atoms with Crippen molar-refractivity contribution < 1.29 is 18.7 Å². The summed E-state index contributed by atoms with van der Waals surface area (Å²) in [7, 11) is 1.50. The highest BCUT2D eigenvalue weighted by Crippen LogP contribution is 2.41. The minimum absolute atomic E-state index is 0.00788. The van der Waals surface area contributed by atoms with Crippen LogP contribution in [-0.4, -0.2) is 38.9 Å². The zero-order valence-electron chi connectivity index (χ0n) is 14.8. The van der Waals surface area contributed by atoms with Crippen LogP contribution in [0.3, 0.4) is 0 Å². The Hall–Kier alpha value is -3.75. The number of oxazole rings is 1. The molecule has 0 fully saturated rings. The lowest BCUT2D eigenvalue weighted by Crippen LogP contribution is -2.41. The third kappa shape index (κ3) is 2.51. The van der Waals surface area contributed by atoms with Crippen LogP contribution >= 0.6 is 0 Å². The number of likely N-dealkylation sites (N-methyl/N-ethyl adjacent to an activating group) is 1. The van der Waals surface area contributed by atoms with Gasteiger partial charge in [-0.2, -0.15) is 0 Å². The standard InChI is InChI=1S/C19H16FN5O3/c1-25-17(27)19(24-18(25)21,16-4-2-3-12(8-20)23-16)11-5-6-15(26)13(7-11)14-9-28-10-22-14/h2-7,9-10,26H,8H2,1H3,(H2,21,24). The number of phenols is 1. The molecular weight excluding hydrogens is 365 g/mol. The lowest BCUT2D eigenvalue weighted by atomic mass is 9.84. The van der Waals surface area contributed by atoms with Crippen molar-refractivity contribution in [3.8, 4) is 17.0 Å². The Bertz CT molecular complexity index is 1080. The second-order valence-electron chi connectivity index (χ2n) is 6.30. The topological polar surface area (TPSA) is 118 Å². The molecule has 1 atom stereocenters. The molecule has 1 unspecified atom stereocenters. The SMILES string of the molecule is CN1C(=O)C(c2ccc(O)c(-c3cocn3)c2)(c2cccc(CF)n2)N=C1N. The molecule has 8 nitrogen and oxygen atoms in total. The van der Waals surface area contributed by atoms with E-state index in [1.807, 2.05) is 0 Å². The highest BCUT2D eigenvalue weighted by Gasteiger charge is 2.51. The first-order valence-corrected chi connectivity index (χ1v) is 8.35. The van der Waals surface area contributed by atoms with Gasteiger partial charge in [0.05, 0.1) is 11.4 Å². The molecule has 1 aliphatic heterocycles. The third-order valence-corrected chi connectivity index (χ3v) is 4.68. The van der Waals surface area contributed by atoms with Gasteiger partial charge >= 0.3 is 0 Å². The number of aliphatic imine (C=N–C) groups is 1. The van der Waals surface area contributed by atoms with Crippen molar-refractivity contribution in [2.24, 2.45) is 10.7 Å². The molecule has 0 radical (unpaired) electrons. The number of carbonyl (C=O) groups is 1. The normalized spacial score (nSPS) is 19.1. The van der Waals surface area contributed by atoms with Gasteiger partial charge in [-0.05, 0) is 29.8 Å². The van der Waals surface area contributed by atoms with Gasteiger partial charge in [0.1, 0.15) is 24.4 Å². The number of aromatic nitrogens is 2. The fraction of sp³-hybridized carbons (Fsp3) is 0.158. The van der Waals surface area contributed by atoms with Crippen molar-refractivity contribution >= 4 is 11.9 Å². The summed E-state index contributed by atoms with van der Waals surface area (Å²) in [5.74, 6) is -0.479. The molecule has 28 heavy (non-hydrogen) atoms. The average Bonchev–Trinajstić information content (AvgIpc) is 3.32. The van der Waals surface area contributed by atoms with Crippen molar-refractivity contribution in [1.29, 1.82) is 0 Å². The number of phenolic OH excluding ortho intramolecular Hbond substituents is 1. The molecule has 3 aromatic rings. The molecule has 1 amide bonds. The van der Waals surface area contributed by atoms with Gasteiger partial charge in [-0.1, -0.05) is 12.1 Å². The Balaban J connectivity index is 1.98. The predicted octanol–water partition coefficient (Wildman–Crippen LogP) is 1.94. The Morgan fingerprint density at radius 3 is 2.79 bits per heavy atom. The number of nitrogens with zero attached hydrogens (tertiary/aromatic N) is 4. The number of benzene rings is 1. The molecule has 0 saturated carbocycles. The van der Waals surface area contributed by atoms with Crippen LogP contribution < -0.4 is 5.73 Å². The van der Waals surface area contributed by atoms with Crippen molar-refractivity contribution in [3.05, 3.63) is 66.0 Å².